The van der Waals surface area contributed by atoms with Gasteiger partial charge in [0.2, 0.25) is 0 Å². The van der Waals surface area contributed by atoms with Crippen LogP contribution in [0.2, 0.25) is 0 Å². The highest BCUT2D eigenvalue weighted by Crippen LogP contribution is 2.39. The zero-order valence-corrected chi connectivity index (χ0v) is 14.0. The molecule has 1 aliphatic heterocycles. The number of benzene rings is 1. The minimum atomic E-state index is 0.197. The Morgan fingerprint density at radius 1 is 1.20 bits per heavy atom. The van der Waals surface area contributed by atoms with Crippen LogP contribution in [0.1, 0.15) is 44.0 Å². The van der Waals surface area contributed by atoms with Crippen molar-refractivity contribution >= 4 is 15.9 Å². The van der Waals surface area contributed by atoms with E-state index in [0.29, 0.717) is 19.3 Å². The number of rotatable bonds is 6. The molecular weight excluding hydrogens is 320 g/mol. The molecule has 0 aromatic heterocycles. The van der Waals surface area contributed by atoms with Crippen LogP contribution in [0.15, 0.2) is 18.2 Å². The van der Waals surface area contributed by atoms with Gasteiger partial charge in [-0.2, -0.15) is 0 Å². The molecular formula is C16H23BrO3. The fraction of sp³-hybridized carbons (Fsp3) is 0.625. The lowest BCUT2D eigenvalue weighted by atomic mass is 10.0. The molecule has 1 fully saturated rings. The molecule has 2 rings (SSSR count). The first-order valence-electron chi connectivity index (χ1n) is 7.34. The number of hydrogen-bond acceptors (Lipinski definition) is 3. The van der Waals surface area contributed by atoms with E-state index in [1.54, 1.807) is 0 Å². The van der Waals surface area contributed by atoms with Gasteiger partial charge in [-0.15, -0.1) is 0 Å². The van der Waals surface area contributed by atoms with E-state index in [9.17, 15) is 0 Å². The molecule has 0 bridgehead atoms. The topological polar surface area (TPSA) is 27.7 Å². The Balaban J connectivity index is 2.16. The van der Waals surface area contributed by atoms with Crippen LogP contribution in [-0.2, 0) is 4.74 Å². The van der Waals surface area contributed by atoms with Crippen molar-refractivity contribution < 1.29 is 14.2 Å². The second-order valence-electron chi connectivity index (χ2n) is 5.04. The van der Waals surface area contributed by atoms with Gasteiger partial charge in [-0.3, -0.25) is 0 Å². The SMILES string of the molecule is CCOc1ccc(C(Br)C2CCC(C)O2)cc1OCC. The maximum atomic E-state index is 5.94. The summed E-state index contributed by atoms with van der Waals surface area (Å²) < 4.78 is 17.2. The van der Waals surface area contributed by atoms with Crippen molar-refractivity contribution in [2.24, 2.45) is 0 Å². The summed E-state index contributed by atoms with van der Waals surface area (Å²) in [5.74, 6) is 1.61. The molecule has 0 N–H and O–H groups in total. The first kappa shape index (κ1) is 15.6. The number of hydrogen-bond donors (Lipinski definition) is 0. The van der Waals surface area contributed by atoms with E-state index >= 15 is 0 Å². The lowest BCUT2D eigenvalue weighted by Gasteiger charge is -2.20. The van der Waals surface area contributed by atoms with Crippen molar-refractivity contribution in [3.05, 3.63) is 23.8 Å². The van der Waals surface area contributed by atoms with E-state index in [1.807, 2.05) is 19.9 Å². The zero-order chi connectivity index (χ0) is 14.5. The number of halogens is 1. The fourth-order valence-corrected chi connectivity index (χ4v) is 3.18. The van der Waals surface area contributed by atoms with Gasteiger partial charge in [0.25, 0.3) is 0 Å². The molecule has 3 nitrogen and oxygen atoms in total. The Morgan fingerprint density at radius 3 is 2.50 bits per heavy atom. The second kappa shape index (κ2) is 7.32. The predicted molar refractivity (Wildman–Crippen MR) is 84.0 cm³/mol. The van der Waals surface area contributed by atoms with Gasteiger partial charge < -0.3 is 14.2 Å². The largest absolute Gasteiger partial charge is 0.490 e. The highest BCUT2D eigenvalue weighted by Gasteiger charge is 2.29. The molecule has 1 aliphatic rings. The summed E-state index contributed by atoms with van der Waals surface area (Å²) in [6, 6.07) is 6.12. The zero-order valence-electron chi connectivity index (χ0n) is 12.4. The Bertz CT molecular complexity index is 436. The van der Waals surface area contributed by atoms with Crippen LogP contribution < -0.4 is 9.47 Å². The molecule has 0 radical (unpaired) electrons. The van der Waals surface area contributed by atoms with Crippen molar-refractivity contribution in [3.8, 4) is 11.5 Å². The van der Waals surface area contributed by atoms with Crippen LogP contribution in [0.25, 0.3) is 0 Å². The van der Waals surface area contributed by atoms with E-state index in [-0.39, 0.29) is 10.9 Å². The molecule has 3 atom stereocenters. The smallest absolute Gasteiger partial charge is 0.161 e. The maximum absolute atomic E-state index is 5.94. The Labute approximate surface area is 129 Å². The van der Waals surface area contributed by atoms with Crippen LogP contribution in [0.4, 0.5) is 0 Å². The molecule has 20 heavy (non-hydrogen) atoms. The van der Waals surface area contributed by atoms with Crippen molar-refractivity contribution in [1.82, 2.24) is 0 Å². The van der Waals surface area contributed by atoms with Gasteiger partial charge in [0, 0.05) is 0 Å². The quantitative estimate of drug-likeness (QED) is 0.713. The highest BCUT2D eigenvalue weighted by molar-refractivity contribution is 9.09. The number of ether oxygens (including phenoxy) is 3. The summed E-state index contributed by atoms with van der Waals surface area (Å²) in [7, 11) is 0. The Hall–Kier alpha value is -0.740. The van der Waals surface area contributed by atoms with Crippen LogP contribution in [0, 0.1) is 0 Å². The third-order valence-corrected chi connectivity index (χ3v) is 4.60. The van der Waals surface area contributed by atoms with Gasteiger partial charge in [0.15, 0.2) is 11.5 Å². The summed E-state index contributed by atoms with van der Waals surface area (Å²) in [5.41, 5.74) is 1.18. The van der Waals surface area contributed by atoms with Gasteiger partial charge in [-0.05, 0) is 51.3 Å². The molecule has 4 heteroatoms. The molecule has 0 spiro atoms. The third-order valence-electron chi connectivity index (χ3n) is 3.48. The predicted octanol–water partition coefficient (Wildman–Crippen LogP) is 4.49. The number of alkyl halides is 1. The summed E-state index contributed by atoms with van der Waals surface area (Å²) in [6.45, 7) is 7.36. The van der Waals surface area contributed by atoms with Crippen LogP contribution in [0.5, 0.6) is 11.5 Å². The molecule has 3 unspecified atom stereocenters. The standard InChI is InChI=1S/C16H23BrO3/c1-4-18-13-9-7-12(10-15(13)19-5-2)16(17)14-8-6-11(3)20-14/h7,9-11,14,16H,4-6,8H2,1-3H3. The molecule has 0 aliphatic carbocycles. The van der Waals surface area contributed by atoms with E-state index in [4.69, 9.17) is 14.2 Å². The van der Waals surface area contributed by atoms with Gasteiger partial charge in [-0.25, -0.2) is 0 Å². The van der Waals surface area contributed by atoms with Crippen molar-refractivity contribution in [2.75, 3.05) is 13.2 Å². The van der Waals surface area contributed by atoms with Gasteiger partial charge in [0.05, 0.1) is 30.2 Å². The van der Waals surface area contributed by atoms with Crippen molar-refractivity contribution in [3.63, 3.8) is 0 Å². The van der Waals surface area contributed by atoms with Crippen LogP contribution >= 0.6 is 15.9 Å². The van der Waals surface area contributed by atoms with Crippen molar-refractivity contribution in [1.29, 1.82) is 0 Å². The van der Waals surface area contributed by atoms with Crippen molar-refractivity contribution in [2.45, 2.75) is 50.6 Å². The first-order chi connectivity index (χ1) is 9.65. The third kappa shape index (κ3) is 3.67. The molecule has 1 saturated heterocycles. The van der Waals surface area contributed by atoms with Gasteiger partial charge >= 0.3 is 0 Å². The highest BCUT2D eigenvalue weighted by atomic mass is 79.9. The van der Waals surface area contributed by atoms with E-state index < -0.39 is 0 Å². The average Bonchev–Trinajstić information content (AvgIpc) is 2.87. The van der Waals surface area contributed by atoms with E-state index in [1.165, 1.54) is 5.56 Å². The van der Waals surface area contributed by atoms with E-state index in [0.717, 1.165) is 24.3 Å². The normalized spacial score (nSPS) is 23.6. The Kier molecular flexibility index (Phi) is 5.73. The fourth-order valence-electron chi connectivity index (χ4n) is 2.50. The van der Waals surface area contributed by atoms with Crippen LogP contribution in [0.3, 0.4) is 0 Å². The minimum absolute atomic E-state index is 0.197. The summed E-state index contributed by atoms with van der Waals surface area (Å²) in [5, 5.41) is 0. The van der Waals surface area contributed by atoms with Gasteiger partial charge in [0.1, 0.15) is 0 Å². The second-order valence-corrected chi connectivity index (χ2v) is 6.02. The molecule has 0 amide bonds. The average molecular weight is 343 g/mol. The summed E-state index contributed by atoms with van der Waals surface area (Å²) in [4.78, 5) is 0.197. The molecule has 1 aromatic rings. The molecule has 1 heterocycles. The van der Waals surface area contributed by atoms with E-state index in [2.05, 4.69) is 35.0 Å². The minimum Gasteiger partial charge on any atom is -0.490 e. The first-order valence-corrected chi connectivity index (χ1v) is 8.26. The molecule has 112 valence electrons. The lowest BCUT2D eigenvalue weighted by Crippen LogP contribution is -2.14. The summed E-state index contributed by atoms with van der Waals surface area (Å²) >= 11 is 3.77. The summed E-state index contributed by atoms with van der Waals surface area (Å²) in [6.07, 6.45) is 2.81. The molecule has 0 saturated carbocycles. The monoisotopic (exact) mass is 342 g/mol. The van der Waals surface area contributed by atoms with Gasteiger partial charge in [-0.1, -0.05) is 22.0 Å². The Morgan fingerprint density at radius 2 is 1.90 bits per heavy atom. The maximum Gasteiger partial charge on any atom is 0.161 e. The lowest BCUT2D eigenvalue weighted by molar-refractivity contribution is 0.0556. The molecule has 1 aromatic carbocycles. The van der Waals surface area contributed by atoms with Crippen LogP contribution in [-0.4, -0.2) is 25.4 Å².